The van der Waals surface area contributed by atoms with Crippen LogP contribution in [-0.2, 0) is 24.3 Å². The fraction of sp³-hybridized carbons (Fsp3) is 0.412. The van der Waals surface area contributed by atoms with Crippen molar-refractivity contribution in [1.82, 2.24) is 39.9 Å². The van der Waals surface area contributed by atoms with E-state index in [1.165, 1.54) is 11.9 Å². The van der Waals surface area contributed by atoms with Crippen LogP contribution in [0.1, 0.15) is 29.7 Å². The van der Waals surface area contributed by atoms with Crippen molar-refractivity contribution >= 4 is 5.91 Å². The van der Waals surface area contributed by atoms with Crippen LogP contribution in [0.5, 0.6) is 0 Å². The Balaban J connectivity index is 1.50. The fourth-order valence-corrected chi connectivity index (χ4v) is 3.45. The number of aromatic nitrogens is 7. The van der Waals surface area contributed by atoms with Crippen molar-refractivity contribution in [2.24, 2.45) is 0 Å². The van der Waals surface area contributed by atoms with Gasteiger partial charge in [0.2, 0.25) is 5.91 Å². The number of rotatable bonds is 5. The van der Waals surface area contributed by atoms with Crippen LogP contribution in [0.25, 0.3) is 0 Å². The molecule has 134 valence electrons. The Bertz CT molecular complexity index is 874. The molecule has 0 unspecified atom stereocenters. The minimum Gasteiger partial charge on any atom is -0.333 e. The first kappa shape index (κ1) is 16.4. The quantitative estimate of drug-likeness (QED) is 0.674. The largest absolute Gasteiger partial charge is 0.333 e. The maximum atomic E-state index is 12.7. The van der Waals surface area contributed by atoms with Crippen LogP contribution in [0, 0.1) is 6.92 Å². The Morgan fingerprint density at radius 1 is 1.23 bits per heavy atom. The highest BCUT2D eigenvalue weighted by Crippen LogP contribution is 2.25. The van der Waals surface area contributed by atoms with Crippen molar-refractivity contribution in [3.05, 3.63) is 53.9 Å². The molecule has 0 saturated carbocycles. The lowest BCUT2D eigenvalue weighted by atomic mass is 10.0. The number of nitrogens with zero attached hydrogens (tertiary/aromatic N) is 8. The maximum Gasteiger partial charge on any atom is 0.224 e. The molecule has 1 aliphatic rings. The molecule has 3 heterocycles. The van der Waals surface area contributed by atoms with Gasteiger partial charge < -0.3 is 9.47 Å². The first-order chi connectivity index (χ1) is 12.7. The number of hydrogen-bond acceptors (Lipinski definition) is 6. The molecular formula is C17H20N8O. The molecular weight excluding hydrogens is 332 g/mol. The SMILES string of the molecule is Cc1nnc2n1[C@H](Cc1ccccc1)CN(C(=O)CCn1cnnn1)C2. The molecule has 1 aliphatic heterocycles. The molecule has 0 radical (unpaired) electrons. The second-order valence-electron chi connectivity index (χ2n) is 6.47. The molecule has 0 N–H and O–H groups in total. The van der Waals surface area contributed by atoms with Gasteiger partial charge in [0.15, 0.2) is 5.82 Å². The average molecular weight is 352 g/mol. The van der Waals surface area contributed by atoms with E-state index in [0.717, 1.165) is 18.1 Å². The van der Waals surface area contributed by atoms with Gasteiger partial charge in [0.05, 0.1) is 19.1 Å². The van der Waals surface area contributed by atoms with Crippen LogP contribution in [0.3, 0.4) is 0 Å². The summed E-state index contributed by atoms with van der Waals surface area (Å²) in [5.74, 6) is 1.80. The third-order valence-electron chi connectivity index (χ3n) is 4.68. The minimum absolute atomic E-state index is 0.0745. The second-order valence-corrected chi connectivity index (χ2v) is 6.47. The van der Waals surface area contributed by atoms with E-state index in [1.54, 1.807) is 4.68 Å². The van der Waals surface area contributed by atoms with Crippen LogP contribution in [0.15, 0.2) is 36.7 Å². The molecule has 3 aromatic rings. The van der Waals surface area contributed by atoms with E-state index in [4.69, 9.17) is 0 Å². The number of carbonyl (C=O) groups is 1. The second kappa shape index (κ2) is 7.03. The molecule has 0 bridgehead atoms. The summed E-state index contributed by atoms with van der Waals surface area (Å²) in [7, 11) is 0. The molecule has 2 aromatic heterocycles. The molecule has 1 amide bonds. The highest BCUT2D eigenvalue weighted by molar-refractivity contribution is 5.76. The Hall–Kier alpha value is -3.10. The average Bonchev–Trinajstić information content (AvgIpc) is 3.30. The molecule has 9 heteroatoms. The van der Waals surface area contributed by atoms with Crippen LogP contribution >= 0.6 is 0 Å². The van der Waals surface area contributed by atoms with Gasteiger partial charge in [0, 0.05) is 13.0 Å². The summed E-state index contributed by atoms with van der Waals surface area (Å²) in [6.45, 7) is 3.57. The first-order valence-corrected chi connectivity index (χ1v) is 8.63. The topological polar surface area (TPSA) is 94.6 Å². The van der Waals surface area contributed by atoms with Gasteiger partial charge in [-0.1, -0.05) is 30.3 Å². The standard InChI is InChI=1S/C17H20N8O/c1-13-19-20-16-11-23(17(26)7-8-24-12-18-21-22-24)10-15(25(13)16)9-14-5-3-2-4-6-14/h2-6,12,15H,7-11H2,1H3/t15-/m1/s1. The van der Waals surface area contributed by atoms with E-state index in [-0.39, 0.29) is 11.9 Å². The number of tetrazole rings is 1. The van der Waals surface area contributed by atoms with E-state index >= 15 is 0 Å². The third kappa shape index (κ3) is 3.32. The van der Waals surface area contributed by atoms with Gasteiger partial charge in [-0.2, -0.15) is 0 Å². The third-order valence-corrected chi connectivity index (χ3v) is 4.68. The summed E-state index contributed by atoms with van der Waals surface area (Å²) >= 11 is 0. The van der Waals surface area contributed by atoms with Crippen molar-refractivity contribution in [1.29, 1.82) is 0 Å². The van der Waals surface area contributed by atoms with Gasteiger partial charge >= 0.3 is 0 Å². The van der Waals surface area contributed by atoms with Gasteiger partial charge in [-0.15, -0.1) is 15.3 Å². The summed E-state index contributed by atoms with van der Waals surface area (Å²) in [5, 5.41) is 19.5. The maximum absolute atomic E-state index is 12.7. The van der Waals surface area contributed by atoms with Gasteiger partial charge in [0.1, 0.15) is 12.2 Å². The first-order valence-electron chi connectivity index (χ1n) is 8.63. The van der Waals surface area contributed by atoms with Crippen LogP contribution < -0.4 is 0 Å². The number of benzene rings is 1. The zero-order valence-electron chi connectivity index (χ0n) is 14.6. The predicted octanol–water partition coefficient (Wildman–Crippen LogP) is 0.789. The molecule has 1 aromatic carbocycles. The fourth-order valence-electron chi connectivity index (χ4n) is 3.45. The van der Waals surface area contributed by atoms with Gasteiger partial charge in [-0.25, -0.2) is 4.68 Å². The molecule has 4 rings (SSSR count). The number of aryl methyl sites for hydroxylation is 2. The van der Waals surface area contributed by atoms with E-state index < -0.39 is 0 Å². The van der Waals surface area contributed by atoms with Crippen molar-refractivity contribution in [3.8, 4) is 0 Å². The van der Waals surface area contributed by atoms with E-state index in [9.17, 15) is 4.79 Å². The Labute approximate surface area is 150 Å². The van der Waals surface area contributed by atoms with E-state index in [0.29, 0.717) is 26.1 Å². The summed E-state index contributed by atoms with van der Waals surface area (Å²) in [6, 6.07) is 10.4. The molecule has 0 fully saturated rings. The molecule has 0 aliphatic carbocycles. The lowest BCUT2D eigenvalue weighted by Gasteiger charge is -2.34. The van der Waals surface area contributed by atoms with Crippen molar-refractivity contribution in [2.75, 3.05) is 6.54 Å². The Morgan fingerprint density at radius 3 is 2.85 bits per heavy atom. The van der Waals surface area contributed by atoms with Crippen molar-refractivity contribution in [3.63, 3.8) is 0 Å². The summed E-state index contributed by atoms with van der Waals surface area (Å²) in [5.41, 5.74) is 1.24. The highest BCUT2D eigenvalue weighted by Gasteiger charge is 2.30. The summed E-state index contributed by atoms with van der Waals surface area (Å²) in [4.78, 5) is 14.6. The van der Waals surface area contributed by atoms with E-state index in [1.807, 2.05) is 30.0 Å². The molecule has 26 heavy (non-hydrogen) atoms. The van der Waals surface area contributed by atoms with Gasteiger partial charge in [0.25, 0.3) is 0 Å². The highest BCUT2D eigenvalue weighted by atomic mass is 16.2. The van der Waals surface area contributed by atoms with Crippen LogP contribution in [0.4, 0.5) is 0 Å². The van der Waals surface area contributed by atoms with Gasteiger partial charge in [-0.3, -0.25) is 4.79 Å². The van der Waals surface area contributed by atoms with Gasteiger partial charge in [-0.05, 0) is 29.3 Å². The number of hydrogen-bond donors (Lipinski definition) is 0. The minimum atomic E-state index is 0.0745. The molecule has 9 nitrogen and oxygen atoms in total. The Kier molecular flexibility index (Phi) is 4.42. The Morgan fingerprint density at radius 2 is 2.08 bits per heavy atom. The number of amides is 1. The monoisotopic (exact) mass is 352 g/mol. The normalized spacial score (nSPS) is 16.5. The molecule has 0 spiro atoms. The zero-order valence-corrected chi connectivity index (χ0v) is 14.6. The van der Waals surface area contributed by atoms with Crippen molar-refractivity contribution < 1.29 is 4.79 Å². The van der Waals surface area contributed by atoms with E-state index in [2.05, 4.69) is 42.4 Å². The molecule has 1 atom stereocenters. The summed E-state index contributed by atoms with van der Waals surface area (Å²) in [6.07, 6.45) is 2.71. The lowest BCUT2D eigenvalue weighted by molar-refractivity contribution is -0.133. The number of fused-ring (bicyclic) bond motifs is 1. The van der Waals surface area contributed by atoms with Crippen LogP contribution in [0.2, 0.25) is 0 Å². The smallest absolute Gasteiger partial charge is 0.224 e. The molecule has 0 saturated heterocycles. The number of carbonyl (C=O) groups excluding carboxylic acids is 1. The van der Waals surface area contributed by atoms with Crippen molar-refractivity contribution in [2.45, 2.75) is 38.9 Å². The zero-order chi connectivity index (χ0) is 17.9. The lowest BCUT2D eigenvalue weighted by Crippen LogP contribution is -2.42. The summed E-state index contributed by atoms with van der Waals surface area (Å²) < 4.78 is 3.73. The van der Waals surface area contributed by atoms with Crippen LogP contribution in [-0.4, -0.2) is 52.3 Å². The predicted molar refractivity (Wildman–Crippen MR) is 91.8 cm³/mol.